The summed E-state index contributed by atoms with van der Waals surface area (Å²) in [5.74, 6) is 0.268. The Morgan fingerprint density at radius 2 is 1.93 bits per heavy atom. The molecule has 86 valence electrons. The topological polar surface area (TPSA) is 32.3 Å². The number of hydrogen-bond donors (Lipinski definition) is 1. The first-order valence-corrected chi connectivity index (χ1v) is 6.14. The lowest BCUT2D eigenvalue weighted by molar-refractivity contribution is -0.143. The molecule has 1 heterocycles. The molecular weight excluding hydrogens is 188 g/mol. The van der Waals surface area contributed by atoms with Crippen LogP contribution in [0.1, 0.15) is 46.0 Å². The Labute approximate surface area is 92.2 Å². The highest BCUT2D eigenvalue weighted by atomic mass is 16.2. The van der Waals surface area contributed by atoms with Crippen molar-refractivity contribution in [3.05, 3.63) is 0 Å². The molecule has 0 unspecified atom stereocenters. The van der Waals surface area contributed by atoms with Gasteiger partial charge in [0, 0.05) is 18.5 Å². The average molecular weight is 210 g/mol. The van der Waals surface area contributed by atoms with Gasteiger partial charge in [0.2, 0.25) is 5.91 Å². The molecule has 1 N–H and O–H groups in total. The number of piperidine rings is 1. The third-order valence-electron chi connectivity index (χ3n) is 4.03. The standard InChI is InChI=1S/C12H22N2O/c1-10(15)14(12(2)6-3-7-12)11-4-8-13-9-5-11/h11,13H,3-9H2,1-2H3. The summed E-state index contributed by atoms with van der Waals surface area (Å²) in [6.45, 7) is 6.10. The van der Waals surface area contributed by atoms with Crippen molar-refractivity contribution in [3.8, 4) is 0 Å². The second-order valence-corrected chi connectivity index (χ2v) is 5.22. The quantitative estimate of drug-likeness (QED) is 0.749. The third-order valence-corrected chi connectivity index (χ3v) is 4.03. The van der Waals surface area contributed by atoms with Crippen LogP contribution in [-0.4, -0.2) is 35.5 Å². The van der Waals surface area contributed by atoms with Crippen molar-refractivity contribution in [2.24, 2.45) is 0 Å². The molecule has 0 spiro atoms. The van der Waals surface area contributed by atoms with Crippen LogP contribution in [0.4, 0.5) is 0 Å². The minimum atomic E-state index is 0.174. The number of rotatable bonds is 2. The Balaban J connectivity index is 2.07. The van der Waals surface area contributed by atoms with Crippen molar-refractivity contribution >= 4 is 5.91 Å². The summed E-state index contributed by atoms with van der Waals surface area (Å²) in [4.78, 5) is 14.0. The van der Waals surface area contributed by atoms with E-state index in [1.807, 2.05) is 0 Å². The van der Waals surface area contributed by atoms with E-state index >= 15 is 0 Å². The van der Waals surface area contributed by atoms with Crippen LogP contribution in [-0.2, 0) is 4.79 Å². The van der Waals surface area contributed by atoms with Crippen LogP contribution in [0.15, 0.2) is 0 Å². The molecule has 1 aliphatic carbocycles. The lowest BCUT2D eigenvalue weighted by Gasteiger charge is -2.52. The van der Waals surface area contributed by atoms with Crippen LogP contribution >= 0.6 is 0 Å². The molecule has 3 nitrogen and oxygen atoms in total. The summed E-state index contributed by atoms with van der Waals surface area (Å²) < 4.78 is 0. The predicted octanol–water partition coefficient (Wildman–Crippen LogP) is 1.53. The number of nitrogens with one attached hydrogen (secondary N) is 1. The van der Waals surface area contributed by atoms with Crippen LogP contribution in [0.2, 0.25) is 0 Å². The van der Waals surface area contributed by atoms with E-state index in [1.165, 1.54) is 19.3 Å². The van der Waals surface area contributed by atoms with Crippen molar-refractivity contribution in [1.82, 2.24) is 10.2 Å². The van der Waals surface area contributed by atoms with E-state index in [0.29, 0.717) is 6.04 Å². The number of hydrogen-bond acceptors (Lipinski definition) is 2. The predicted molar refractivity (Wildman–Crippen MR) is 60.7 cm³/mol. The number of carbonyl (C=O) groups is 1. The fourth-order valence-corrected chi connectivity index (χ4v) is 3.07. The summed E-state index contributed by atoms with van der Waals surface area (Å²) in [7, 11) is 0. The second-order valence-electron chi connectivity index (χ2n) is 5.22. The second kappa shape index (κ2) is 4.12. The summed E-state index contributed by atoms with van der Waals surface area (Å²) in [5.41, 5.74) is 0.174. The van der Waals surface area contributed by atoms with Gasteiger partial charge in [-0.05, 0) is 52.1 Å². The molecule has 0 aromatic heterocycles. The van der Waals surface area contributed by atoms with Crippen molar-refractivity contribution in [3.63, 3.8) is 0 Å². The van der Waals surface area contributed by atoms with Crippen molar-refractivity contribution < 1.29 is 4.79 Å². The van der Waals surface area contributed by atoms with Gasteiger partial charge in [0.15, 0.2) is 0 Å². The van der Waals surface area contributed by atoms with E-state index < -0.39 is 0 Å². The zero-order valence-electron chi connectivity index (χ0n) is 9.88. The minimum absolute atomic E-state index is 0.174. The van der Waals surface area contributed by atoms with Gasteiger partial charge in [-0.1, -0.05) is 0 Å². The zero-order chi connectivity index (χ0) is 10.9. The Bertz CT molecular complexity index is 242. The molecule has 1 saturated heterocycles. The summed E-state index contributed by atoms with van der Waals surface area (Å²) in [6, 6.07) is 0.481. The SMILES string of the molecule is CC(=O)N(C1CCNCC1)C1(C)CCC1. The van der Waals surface area contributed by atoms with E-state index in [4.69, 9.17) is 0 Å². The van der Waals surface area contributed by atoms with Crippen LogP contribution in [0.3, 0.4) is 0 Å². The van der Waals surface area contributed by atoms with Gasteiger partial charge in [-0.3, -0.25) is 4.79 Å². The fourth-order valence-electron chi connectivity index (χ4n) is 3.07. The highest BCUT2D eigenvalue weighted by molar-refractivity contribution is 5.74. The van der Waals surface area contributed by atoms with Crippen molar-refractivity contribution in [2.75, 3.05) is 13.1 Å². The van der Waals surface area contributed by atoms with Gasteiger partial charge in [0.05, 0.1) is 0 Å². The highest BCUT2D eigenvalue weighted by Crippen LogP contribution is 2.39. The first-order chi connectivity index (χ1) is 7.13. The maximum atomic E-state index is 11.8. The number of amides is 1. The summed E-state index contributed by atoms with van der Waals surface area (Å²) in [5, 5.41) is 3.36. The highest BCUT2D eigenvalue weighted by Gasteiger charge is 2.42. The van der Waals surface area contributed by atoms with Crippen molar-refractivity contribution in [1.29, 1.82) is 0 Å². The maximum Gasteiger partial charge on any atom is 0.220 e. The zero-order valence-corrected chi connectivity index (χ0v) is 9.88. The Morgan fingerprint density at radius 3 is 2.33 bits per heavy atom. The van der Waals surface area contributed by atoms with Gasteiger partial charge in [-0.15, -0.1) is 0 Å². The van der Waals surface area contributed by atoms with E-state index in [1.54, 1.807) is 6.92 Å². The Morgan fingerprint density at radius 1 is 1.33 bits per heavy atom. The smallest absolute Gasteiger partial charge is 0.220 e. The molecular formula is C12H22N2O. The third kappa shape index (κ3) is 2.03. The molecule has 3 heteroatoms. The molecule has 2 fully saturated rings. The molecule has 0 aromatic carbocycles. The van der Waals surface area contributed by atoms with Crippen molar-refractivity contribution in [2.45, 2.75) is 57.5 Å². The van der Waals surface area contributed by atoms with E-state index in [9.17, 15) is 4.79 Å². The van der Waals surface area contributed by atoms with Crippen LogP contribution in [0.25, 0.3) is 0 Å². The lowest BCUT2D eigenvalue weighted by Crippen LogP contribution is -2.59. The van der Waals surface area contributed by atoms with Gasteiger partial charge in [0.25, 0.3) is 0 Å². The van der Waals surface area contributed by atoms with Gasteiger partial charge >= 0.3 is 0 Å². The molecule has 2 aliphatic rings. The van der Waals surface area contributed by atoms with Gasteiger partial charge in [-0.25, -0.2) is 0 Å². The molecule has 1 aliphatic heterocycles. The largest absolute Gasteiger partial charge is 0.334 e. The molecule has 0 aromatic rings. The maximum absolute atomic E-state index is 11.8. The molecule has 0 radical (unpaired) electrons. The molecule has 0 atom stereocenters. The molecule has 2 rings (SSSR count). The monoisotopic (exact) mass is 210 g/mol. The average Bonchev–Trinajstić information content (AvgIpc) is 2.16. The Kier molecular flexibility index (Phi) is 3.01. The van der Waals surface area contributed by atoms with Crippen LogP contribution in [0.5, 0.6) is 0 Å². The molecule has 1 saturated carbocycles. The fraction of sp³-hybridized carbons (Fsp3) is 0.917. The van der Waals surface area contributed by atoms with Crippen LogP contribution < -0.4 is 5.32 Å². The van der Waals surface area contributed by atoms with E-state index in [2.05, 4.69) is 17.1 Å². The first kappa shape index (κ1) is 10.9. The Hall–Kier alpha value is -0.570. The lowest BCUT2D eigenvalue weighted by atomic mass is 9.75. The van der Waals surface area contributed by atoms with Crippen LogP contribution in [0, 0.1) is 0 Å². The van der Waals surface area contributed by atoms with Gasteiger partial charge in [-0.2, -0.15) is 0 Å². The number of carbonyl (C=O) groups excluding carboxylic acids is 1. The van der Waals surface area contributed by atoms with E-state index in [-0.39, 0.29) is 11.4 Å². The molecule has 15 heavy (non-hydrogen) atoms. The molecule has 1 amide bonds. The summed E-state index contributed by atoms with van der Waals surface area (Å²) >= 11 is 0. The summed E-state index contributed by atoms with van der Waals surface area (Å²) in [6.07, 6.45) is 5.91. The van der Waals surface area contributed by atoms with Gasteiger partial charge in [0.1, 0.15) is 0 Å². The first-order valence-electron chi connectivity index (χ1n) is 6.14. The number of nitrogens with zero attached hydrogens (tertiary/aromatic N) is 1. The van der Waals surface area contributed by atoms with E-state index in [0.717, 1.165) is 25.9 Å². The van der Waals surface area contributed by atoms with Gasteiger partial charge < -0.3 is 10.2 Å². The minimum Gasteiger partial charge on any atom is -0.334 e. The molecule has 0 bridgehead atoms. The normalized spacial score (nSPS) is 25.7.